The van der Waals surface area contributed by atoms with E-state index in [2.05, 4.69) is 59.5 Å². The van der Waals surface area contributed by atoms with E-state index >= 15 is 0 Å². The predicted octanol–water partition coefficient (Wildman–Crippen LogP) is 8.71. The van der Waals surface area contributed by atoms with Crippen LogP contribution < -0.4 is 0 Å². The van der Waals surface area contributed by atoms with E-state index < -0.39 is 25.4 Å². The van der Waals surface area contributed by atoms with Crippen molar-refractivity contribution in [2.24, 2.45) is 4.99 Å². The molecule has 3 aromatic rings. The Morgan fingerprint density at radius 2 is 1.49 bits per heavy atom. The summed E-state index contributed by atoms with van der Waals surface area (Å²) in [6.45, 7) is 16.7. The van der Waals surface area contributed by atoms with Gasteiger partial charge in [0.05, 0.1) is 32.6 Å². The highest BCUT2D eigenvalue weighted by Crippen LogP contribution is 2.52. The van der Waals surface area contributed by atoms with Crippen LogP contribution in [0, 0.1) is 0 Å². The maximum atomic E-state index is 13.6. The molecule has 3 fully saturated rings. The number of quaternary nitrogens is 1. The average Bonchev–Trinajstić information content (AvgIpc) is 3.77. The summed E-state index contributed by atoms with van der Waals surface area (Å²) in [5, 5.41) is 2.48. The van der Waals surface area contributed by atoms with Crippen molar-refractivity contribution in [2.75, 3.05) is 12.7 Å². The molecule has 10 nitrogen and oxygen atoms in total. The largest absolute Gasteiger partial charge is 0.549 e. The number of nitrogens with one attached hydrogen (secondary N) is 1. The maximum Gasteiger partial charge on any atom is 0.549 e. The number of nitrogens with zero attached hydrogens (tertiary/aromatic N) is 5. The molecule has 0 spiro atoms. The summed E-state index contributed by atoms with van der Waals surface area (Å²) in [6, 6.07) is 17.4. The van der Waals surface area contributed by atoms with Gasteiger partial charge in [0.15, 0.2) is 11.7 Å². The molecule has 0 bridgehead atoms. The van der Waals surface area contributed by atoms with Crippen molar-refractivity contribution in [1.82, 2.24) is 19.9 Å². The monoisotopic (exact) mass is 701 g/mol. The molecule has 3 unspecified atom stereocenters. The lowest BCUT2D eigenvalue weighted by Gasteiger charge is -2.48. The molecule has 1 aromatic heterocycles. The number of aromatic amines is 1. The summed E-state index contributed by atoms with van der Waals surface area (Å²) < 4.78 is 11.4. The number of amidine groups is 1. The van der Waals surface area contributed by atoms with Crippen LogP contribution >= 0.6 is 11.6 Å². The van der Waals surface area contributed by atoms with E-state index in [1.165, 1.54) is 0 Å². The maximum absolute atomic E-state index is 13.6. The summed E-state index contributed by atoms with van der Waals surface area (Å²) in [4.78, 5) is 41.7. The smallest absolute Gasteiger partial charge is 0.444 e. The molecule has 2 amide bonds. The number of aromatic nitrogens is 2. The molecule has 4 aliphatic rings. The molecular weight excluding hydrogens is 656 g/mol. The predicted molar refractivity (Wildman–Crippen MR) is 194 cm³/mol. The Hall–Kier alpha value is -3.77. The molecule has 12 heteroatoms. The normalized spacial score (nSPS) is 24.8. The van der Waals surface area contributed by atoms with Gasteiger partial charge < -0.3 is 19.4 Å². The number of hydrogen-bond acceptors (Lipinski definition) is 7. The molecule has 7 rings (SSSR count). The Kier molecular flexibility index (Phi) is 8.01. The van der Waals surface area contributed by atoms with Gasteiger partial charge in [-0.3, -0.25) is 0 Å². The molecule has 0 radical (unpaired) electrons. The van der Waals surface area contributed by atoms with Gasteiger partial charge in [0.1, 0.15) is 17.0 Å². The molecule has 4 aliphatic heterocycles. The van der Waals surface area contributed by atoms with Crippen LogP contribution in [0.2, 0.25) is 19.1 Å². The van der Waals surface area contributed by atoms with Gasteiger partial charge in [-0.15, -0.1) is 5.01 Å². The van der Waals surface area contributed by atoms with Crippen molar-refractivity contribution >= 4 is 43.4 Å². The van der Waals surface area contributed by atoms with E-state index in [1.807, 2.05) is 64.8 Å². The second-order valence-corrected chi connectivity index (χ2v) is 21.8. The Morgan fingerprint density at radius 3 is 2.10 bits per heavy atom. The third-order valence-electron chi connectivity index (χ3n) is 9.55. The van der Waals surface area contributed by atoms with Crippen LogP contribution in [0.1, 0.15) is 71.8 Å². The second-order valence-electron chi connectivity index (χ2n) is 16.4. The molecule has 5 heterocycles. The first-order chi connectivity index (χ1) is 23.0. The Balaban J connectivity index is 1.09. The number of benzene rings is 2. The van der Waals surface area contributed by atoms with Crippen LogP contribution in [0.3, 0.4) is 0 Å². The van der Waals surface area contributed by atoms with Crippen molar-refractivity contribution < 1.29 is 23.7 Å². The lowest BCUT2D eigenvalue weighted by molar-refractivity contribution is -0.888. The van der Waals surface area contributed by atoms with Crippen molar-refractivity contribution in [3.63, 3.8) is 0 Å². The van der Waals surface area contributed by atoms with E-state index in [1.54, 1.807) is 0 Å². The minimum absolute atomic E-state index is 0.110. The summed E-state index contributed by atoms with van der Waals surface area (Å²) >= 11 is 7.06. The molecule has 258 valence electrons. The van der Waals surface area contributed by atoms with Crippen LogP contribution in [-0.2, 0) is 9.47 Å². The fourth-order valence-electron chi connectivity index (χ4n) is 7.47. The molecule has 0 saturated carbocycles. The van der Waals surface area contributed by atoms with E-state index in [-0.39, 0.29) is 22.8 Å². The van der Waals surface area contributed by atoms with Gasteiger partial charge in [0, 0.05) is 11.7 Å². The topological polar surface area (TPSA) is 100 Å². The highest BCUT2D eigenvalue weighted by Gasteiger charge is 2.73. The number of fused-ring (bicyclic) bond motifs is 4. The molecule has 0 aliphatic carbocycles. The highest BCUT2D eigenvalue weighted by molar-refractivity contribution is 6.78. The molecule has 3 atom stereocenters. The first kappa shape index (κ1) is 33.7. The summed E-state index contributed by atoms with van der Waals surface area (Å²) in [5.41, 5.74) is 4.31. The van der Waals surface area contributed by atoms with E-state index in [9.17, 15) is 9.59 Å². The van der Waals surface area contributed by atoms with Gasteiger partial charge in [-0.1, -0.05) is 66.2 Å². The van der Waals surface area contributed by atoms with Gasteiger partial charge >= 0.3 is 12.2 Å². The summed E-state index contributed by atoms with van der Waals surface area (Å²) in [5.74, 6) is 1.55. The fraction of sp³-hybridized carbons (Fsp3) is 0.459. The fourth-order valence-corrected chi connectivity index (χ4v) is 10.7. The van der Waals surface area contributed by atoms with Crippen molar-refractivity contribution in [2.45, 2.75) is 96.8 Å². The second kappa shape index (κ2) is 11.6. The third-order valence-corrected chi connectivity index (χ3v) is 12.7. The zero-order valence-corrected chi connectivity index (χ0v) is 31.4. The number of amides is 2. The quantitative estimate of drug-likeness (QED) is 0.166. The van der Waals surface area contributed by atoms with Crippen LogP contribution in [0.5, 0.6) is 0 Å². The molecule has 2 aromatic carbocycles. The van der Waals surface area contributed by atoms with Crippen LogP contribution in [0.15, 0.2) is 64.9 Å². The number of aliphatic imine (C=N–C) groups is 1. The zero-order valence-electron chi connectivity index (χ0n) is 29.6. The molecular formula is C37H46ClN6O4Si+. The molecule has 3 saturated heterocycles. The zero-order chi connectivity index (χ0) is 35.1. The first-order valence-corrected chi connectivity index (χ1v) is 20.9. The van der Waals surface area contributed by atoms with Crippen molar-refractivity contribution in [1.29, 1.82) is 0 Å². The van der Waals surface area contributed by atoms with Crippen LogP contribution in [0.25, 0.3) is 28.1 Å². The number of H-pyrrole nitrogens is 1. The Labute approximate surface area is 294 Å². The number of rotatable bonds is 4. The van der Waals surface area contributed by atoms with Crippen LogP contribution in [0.4, 0.5) is 9.59 Å². The van der Waals surface area contributed by atoms with Gasteiger partial charge in [-0.05, 0) is 88.7 Å². The van der Waals surface area contributed by atoms with Gasteiger partial charge in [-0.2, -0.15) is 9.79 Å². The van der Waals surface area contributed by atoms with E-state index in [0.29, 0.717) is 10.9 Å². The van der Waals surface area contributed by atoms with Crippen LogP contribution in [-0.4, -0.2) is 80.5 Å². The van der Waals surface area contributed by atoms with Gasteiger partial charge in [0.2, 0.25) is 0 Å². The minimum atomic E-state index is -1.62. The number of hydrogen-bond donors (Lipinski definition) is 1. The van der Waals surface area contributed by atoms with Crippen molar-refractivity contribution in [3.05, 3.63) is 71.3 Å². The summed E-state index contributed by atoms with van der Waals surface area (Å²) in [7, 11) is -1.62. The average molecular weight is 702 g/mol. The standard InChI is InChI=1S/C37H46ClN6O4Si/c1-36(2,3)47-34(45)42-22-49(7,8)21-29(42)32-39-20-27(40-32)25-15-11-23(12-16-25)24-13-17-26(18-14-24)30-31(38)44(35(46)48-37(4,5)6)33(41-30)28-10-9-19-43(28)44/h11-18,20,28-29H,9-10,19,21-22H2,1-8H3,(H,39,40)/q+1. The number of carbonyl (C=O) groups is 2. The third kappa shape index (κ3) is 5.94. The Morgan fingerprint density at radius 1 is 0.898 bits per heavy atom. The number of imidazole rings is 1. The molecule has 1 N–H and O–H groups in total. The summed E-state index contributed by atoms with van der Waals surface area (Å²) in [6.07, 6.45) is 3.86. The Bertz CT molecular complexity index is 1870. The lowest BCUT2D eigenvalue weighted by Crippen LogP contribution is -2.78. The number of ether oxygens (including phenoxy) is 2. The highest BCUT2D eigenvalue weighted by atomic mass is 35.5. The first-order valence-electron chi connectivity index (χ1n) is 17.1. The van der Waals surface area contributed by atoms with Gasteiger partial charge in [0.25, 0.3) is 11.0 Å². The minimum Gasteiger partial charge on any atom is -0.444 e. The van der Waals surface area contributed by atoms with Gasteiger partial charge in [-0.25, -0.2) is 9.78 Å². The number of carbonyl (C=O) groups excluding carboxylic acids is 2. The van der Waals surface area contributed by atoms with E-state index in [0.717, 1.165) is 71.2 Å². The van der Waals surface area contributed by atoms with E-state index in [4.69, 9.17) is 31.1 Å². The van der Waals surface area contributed by atoms with Crippen molar-refractivity contribution in [3.8, 4) is 22.4 Å². The SMILES string of the molecule is CC(C)(C)OC(=O)N1C[Si](C)(C)CC1c1ncc(-c2ccc(-c3ccc(C4=C(Cl)[N+]5(C(=O)OC(C)(C)C)C(=N4)C4CCCN45)cc3)cc2)[nH]1. The molecule has 49 heavy (non-hydrogen) atoms. The number of halogens is 1. The lowest BCUT2D eigenvalue weighted by atomic mass is 10.0.